The van der Waals surface area contributed by atoms with Crippen molar-refractivity contribution in [2.45, 2.75) is 25.9 Å². The van der Waals surface area contributed by atoms with Crippen LogP contribution >= 0.6 is 11.8 Å². The summed E-state index contributed by atoms with van der Waals surface area (Å²) in [5, 5.41) is 3.74. The molecular formula is C17H22N2S. The molecule has 0 bridgehead atoms. The van der Waals surface area contributed by atoms with Gasteiger partial charge in [-0.05, 0) is 35.9 Å². The Hall–Kier alpha value is -1.32. The zero-order chi connectivity index (χ0) is 14.2. The number of aromatic nitrogens is 1. The largest absolute Gasteiger partial charge is 0.303 e. The first kappa shape index (κ1) is 15.1. The van der Waals surface area contributed by atoms with E-state index in [4.69, 9.17) is 0 Å². The highest BCUT2D eigenvalue weighted by atomic mass is 32.2. The molecule has 0 saturated heterocycles. The second kappa shape index (κ2) is 8.08. The monoisotopic (exact) mass is 286 g/mol. The highest BCUT2D eigenvalue weighted by molar-refractivity contribution is 7.99. The van der Waals surface area contributed by atoms with Crippen LogP contribution in [0.5, 0.6) is 0 Å². The van der Waals surface area contributed by atoms with Gasteiger partial charge in [-0.25, -0.2) is 0 Å². The first-order chi connectivity index (χ1) is 9.81. The van der Waals surface area contributed by atoms with E-state index in [1.165, 1.54) is 11.1 Å². The number of nitrogens with one attached hydrogen (secondary N) is 1. The van der Waals surface area contributed by atoms with Crippen LogP contribution in [0.25, 0.3) is 0 Å². The molecule has 2 nitrogen and oxygen atoms in total. The lowest BCUT2D eigenvalue weighted by atomic mass is 9.99. The molecule has 0 saturated carbocycles. The molecule has 0 aliphatic rings. The van der Waals surface area contributed by atoms with Crippen molar-refractivity contribution in [2.75, 3.05) is 11.5 Å². The van der Waals surface area contributed by atoms with Crippen LogP contribution in [0.15, 0.2) is 54.9 Å². The van der Waals surface area contributed by atoms with Gasteiger partial charge in [-0.1, -0.05) is 37.3 Å². The Morgan fingerprint density at radius 1 is 1.05 bits per heavy atom. The second-order valence-corrected chi connectivity index (χ2v) is 6.17. The average Bonchev–Trinajstić information content (AvgIpc) is 2.52. The molecule has 0 aliphatic carbocycles. The van der Waals surface area contributed by atoms with Crippen LogP contribution < -0.4 is 5.32 Å². The fraction of sp³-hybridized carbons (Fsp3) is 0.353. The Bertz CT molecular complexity index is 447. The molecule has 1 N–H and O–H groups in total. The molecule has 1 heterocycles. The number of pyridine rings is 1. The third kappa shape index (κ3) is 4.36. The SMILES string of the molecule is CCSCC(C)NC(c1ccccc1)c1ccncc1. The topological polar surface area (TPSA) is 24.9 Å². The number of hydrogen-bond donors (Lipinski definition) is 1. The van der Waals surface area contributed by atoms with E-state index < -0.39 is 0 Å². The number of rotatable bonds is 7. The van der Waals surface area contributed by atoms with E-state index in [-0.39, 0.29) is 6.04 Å². The number of hydrogen-bond acceptors (Lipinski definition) is 3. The molecule has 0 radical (unpaired) electrons. The normalized spacial score (nSPS) is 13.9. The summed E-state index contributed by atoms with van der Waals surface area (Å²) < 4.78 is 0. The molecule has 1 aromatic carbocycles. The molecule has 2 unspecified atom stereocenters. The van der Waals surface area contributed by atoms with Gasteiger partial charge in [0.2, 0.25) is 0 Å². The van der Waals surface area contributed by atoms with Gasteiger partial charge in [-0.2, -0.15) is 11.8 Å². The van der Waals surface area contributed by atoms with E-state index in [9.17, 15) is 0 Å². The maximum Gasteiger partial charge on any atom is 0.0580 e. The molecule has 20 heavy (non-hydrogen) atoms. The third-order valence-electron chi connectivity index (χ3n) is 3.20. The smallest absolute Gasteiger partial charge is 0.0580 e. The quantitative estimate of drug-likeness (QED) is 0.835. The van der Waals surface area contributed by atoms with Crippen molar-refractivity contribution >= 4 is 11.8 Å². The van der Waals surface area contributed by atoms with Gasteiger partial charge >= 0.3 is 0 Å². The Kier molecular flexibility index (Phi) is 6.09. The van der Waals surface area contributed by atoms with Crippen molar-refractivity contribution in [1.29, 1.82) is 0 Å². The Morgan fingerprint density at radius 3 is 2.35 bits per heavy atom. The third-order valence-corrected chi connectivity index (χ3v) is 4.34. The minimum Gasteiger partial charge on any atom is -0.303 e. The molecule has 2 atom stereocenters. The highest BCUT2D eigenvalue weighted by Gasteiger charge is 2.16. The van der Waals surface area contributed by atoms with Crippen LogP contribution in [0.2, 0.25) is 0 Å². The average molecular weight is 286 g/mol. The van der Waals surface area contributed by atoms with Crippen LogP contribution in [-0.2, 0) is 0 Å². The van der Waals surface area contributed by atoms with E-state index in [1.54, 1.807) is 0 Å². The van der Waals surface area contributed by atoms with E-state index >= 15 is 0 Å². The number of thioether (sulfide) groups is 1. The summed E-state index contributed by atoms with van der Waals surface area (Å²) in [7, 11) is 0. The second-order valence-electron chi connectivity index (χ2n) is 4.85. The minimum atomic E-state index is 0.228. The van der Waals surface area contributed by atoms with Crippen molar-refractivity contribution in [1.82, 2.24) is 10.3 Å². The first-order valence-electron chi connectivity index (χ1n) is 7.10. The molecule has 0 amide bonds. The van der Waals surface area contributed by atoms with Crippen molar-refractivity contribution in [3.63, 3.8) is 0 Å². The van der Waals surface area contributed by atoms with Gasteiger partial charge in [0.05, 0.1) is 6.04 Å². The van der Waals surface area contributed by atoms with Gasteiger partial charge in [0.25, 0.3) is 0 Å². The van der Waals surface area contributed by atoms with Gasteiger partial charge < -0.3 is 5.32 Å². The molecule has 0 spiro atoms. The summed E-state index contributed by atoms with van der Waals surface area (Å²) in [6.45, 7) is 4.45. The molecule has 1 aromatic heterocycles. The molecule has 3 heteroatoms. The molecule has 0 aliphatic heterocycles. The maximum atomic E-state index is 4.12. The molecule has 106 valence electrons. The molecule has 2 rings (SSSR count). The molecule has 0 fully saturated rings. The summed E-state index contributed by atoms with van der Waals surface area (Å²) in [4.78, 5) is 4.12. The van der Waals surface area contributed by atoms with E-state index in [1.807, 2.05) is 24.2 Å². The zero-order valence-electron chi connectivity index (χ0n) is 12.1. The lowest BCUT2D eigenvalue weighted by molar-refractivity contribution is 0.534. The fourth-order valence-electron chi connectivity index (χ4n) is 2.21. The van der Waals surface area contributed by atoms with E-state index in [0.717, 1.165) is 11.5 Å². The van der Waals surface area contributed by atoms with Gasteiger partial charge in [0, 0.05) is 24.2 Å². The summed E-state index contributed by atoms with van der Waals surface area (Å²) in [6, 6.07) is 15.5. The van der Waals surface area contributed by atoms with Gasteiger partial charge in [0.15, 0.2) is 0 Å². The lowest BCUT2D eigenvalue weighted by Gasteiger charge is -2.24. The first-order valence-corrected chi connectivity index (χ1v) is 8.25. The fourth-order valence-corrected chi connectivity index (χ4v) is 2.90. The van der Waals surface area contributed by atoms with Gasteiger partial charge in [-0.15, -0.1) is 0 Å². The summed E-state index contributed by atoms with van der Waals surface area (Å²) in [5.74, 6) is 2.29. The van der Waals surface area contributed by atoms with Crippen molar-refractivity contribution in [3.05, 3.63) is 66.0 Å². The van der Waals surface area contributed by atoms with Crippen molar-refractivity contribution < 1.29 is 0 Å². The Morgan fingerprint density at radius 2 is 1.70 bits per heavy atom. The Labute approximate surface area is 126 Å². The van der Waals surface area contributed by atoms with Crippen LogP contribution in [0.4, 0.5) is 0 Å². The predicted molar refractivity (Wildman–Crippen MR) is 88.1 cm³/mol. The minimum absolute atomic E-state index is 0.228. The van der Waals surface area contributed by atoms with Crippen molar-refractivity contribution in [3.8, 4) is 0 Å². The van der Waals surface area contributed by atoms with E-state index in [2.05, 4.69) is 66.6 Å². The van der Waals surface area contributed by atoms with Gasteiger partial charge in [-0.3, -0.25) is 4.98 Å². The van der Waals surface area contributed by atoms with Crippen LogP contribution in [0.1, 0.15) is 31.0 Å². The zero-order valence-corrected chi connectivity index (χ0v) is 12.9. The number of nitrogens with zero attached hydrogens (tertiary/aromatic N) is 1. The summed E-state index contributed by atoms with van der Waals surface area (Å²) >= 11 is 1.97. The summed E-state index contributed by atoms with van der Waals surface area (Å²) in [5.41, 5.74) is 2.56. The predicted octanol–water partition coefficient (Wildman–Crippen LogP) is 3.90. The standard InChI is InChI=1S/C17H22N2S/c1-3-20-13-14(2)19-17(15-7-5-4-6-8-15)16-9-11-18-12-10-16/h4-12,14,17,19H,3,13H2,1-2H3. The molecule has 2 aromatic rings. The van der Waals surface area contributed by atoms with E-state index in [0.29, 0.717) is 6.04 Å². The maximum absolute atomic E-state index is 4.12. The lowest BCUT2D eigenvalue weighted by Crippen LogP contribution is -2.33. The summed E-state index contributed by atoms with van der Waals surface area (Å²) in [6.07, 6.45) is 3.72. The Balaban J connectivity index is 2.17. The van der Waals surface area contributed by atoms with Crippen LogP contribution in [0, 0.1) is 0 Å². The van der Waals surface area contributed by atoms with Gasteiger partial charge in [0.1, 0.15) is 0 Å². The van der Waals surface area contributed by atoms with Crippen LogP contribution in [0.3, 0.4) is 0 Å². The van der Waals surface area contributed by atoms with Crippen LogP contribution in [-0.4, -0.2) is 22.5 Å². The highest BCUT2D eigenvalue weighted by Crippen LogP contribution is 2.22. The molecular weight excluding hydrogens is 264 g/mol. The van der Waals surface area contributed by atoms with Crippen molar-refractivity contribution in [2.24, 2.45) is 0 Å². The number of benzene rings is 1.